The molecule has 0 bridgehead atoms. The summed E-state index contributed by atoms with van der Waals surface area (Å²) in [6.45, 7) is 11.2. The van der Waals surface area contributed by atoms with Crippen molar-refractivity contribution >= 4 is 22.9 Å². The highest BCUT2D eigenvalue weighted by molar-refractivity contribution is 5.93. The van der Waals surface area contributed by atoms with Gasteiger partial charge in [0.1, 0.15) is 5.52 Å². The Morgan fingerprint density at radius 3 is 2.40 bits per heavy atom. The van der Waals surface area contributed by atoms with Crippen LogP contribution in [0.5, 0.6) is 0 Å². The monoisotopic (exact) mass is 278 g/mol. The Bertz CT molecular complexity index is 662. The summed E-state index contributed by atoms with van der Waals surface area (Å²) >= 11 is 0. The highest BCUT2D eigenvalue weighted by atomic mass is 16.2. The summed E-state index contributed by atoms with van der Waals surface area (Å²) in [5, 5.41) is 2.60. The van der Waals surface area contributed by atoms with Gasteiger partial charge in [0.25, 0.3) is 5.56 Å². The van der Waals surface area contributed by atoms with Gasteiger partial charge >= 0.3 is 0 Å². The highest BCUT2D eigenvalue weighted by Crippen LogP contribution is 2.16. The second-order valence-corrected chi connectivity index (χ2v) is 5.33. The Kier molecular flexibility index (Phi) is 4.70. The molecule has 2 rings (SSSR count). The Morgan fingerprint density at radius 2 is 1.85 bits per heavy atom. The minimum atomic E-state index is -0.540. The van der Waals surface area contributed by atoms with E-state index < -0.39 is 5.41 Å². The van der Waals surface area contributed by atoms with Gasteiger partial charge in [-0.2, -0.15) is 0 Å². The van der Waals surface area contributed by atoms with Gasteiger partial charge in [-0.3, -0.25) is 19.9 Å². The molecule has 0 radical (unpaired) electrons. The molecule has 0 saturated carbocycles. The molecule has 2 aromatic rings. The molecule has 0 unspecified atom stereocenters. The lowest BCUT2D eigenvalue weighted by Gasteiger charge is -2.16. The zero-order valence-electron chi connectivity index (χ0n) is 12.8. The SMILES string of the molecule is CC.Cc1cc2nc(NC(=O)C(C)(C)C)[nH]c(=O)c2[nH]1. The van der Waals surface area contributed by atoms with Crippen molar-refractivity contribution in [1.82, 2.24) is 15.0 Å². The standard InChI is InChI=1S/C12H16N4O2.C2H6/c1-6-5-7-8(13-6)9(17)15-11(14-7)16-10(18)12(2,3)4;1-2/h5,13H,1-4H3,(H2,14,15,16,17,18);1-2H3. The van der Waals surface area contributed by atoms with Crippen molar-refractivity contribution in [3.8, 4) is 0 Å². The number of carbonyl (C=O) groups is 1. The van der Waals surface area contributed by atoms with Crippen LogP contribution in [0.15, 0.2) is 10.9 Å². The van der Waals surface area contributed by atoms with E-state index in [9.17, 15) is 9.59 Å². The average molecular weight is 278 g/mol. The zero-order chi connectivity index (χ0) is 15.5. The molecule has 0 aromatic carbocycles. The molecule has 6 heteroatoms. The summed E-state index contributed by atoms with van der Waals surface area (Å²) < 4.78 is 0. The lowest BCUT2D eigenvalue weighted by atomic mass is 9.96. The number of anilines is 1. The number of amides is 1. The third-order valence-electron chi connectivity index (χ3n) is 2.54. The van der Waals surface area contributed by atoms with Crippen LogP contribution < -0.4 is 10.9 Å². The lowest BCUT2D eigenvalue weighted by Crippen LogP contribution is -2.29. The van der Waals surface area contributed by atoms with Crippen LogP contribution in [-0.4, -0.2) is 20.9 Å². The molecular weight excluding hydrogens is 256 g/mol. The quantitative estimate of drug-likeness (QED) is 0.748. The molecule has 0 fully saturated rings. The first-order valence-electron chi connectivity index (χ1n) is 6.68. The van der Waals surface area contributed by atoms with Crippen molar-refractivity contribution < 1.29 is 4.79 Å². The van der Waals surface area contributed by atoms with Gasteiger partial charge in [0.2, 0.25) is 11.9 Å². The first kappa shape index (κ1) is 15.9. The van der Waals surface area contributed by atoms with Gasteiger partial charge in [0.15, 0.2) is 0 Å². The summed E-state index contributed by atoms with van der Waals surface area (Å²) in [6.07, 6.45) is 0. The van der Waals surface area contributed by atoms with Crippen LogP contribution in [0.4, 0.5) is 5.95 Å². The number of aromatic amines is 2. The maximum Gasteiger partial charge on any atom is 0.276 e. The number of carbonyl (C=O) groups excluding carboxylic acids is 1. The van der Waals surface area contributed by atoms with E-state index in [1.54, 1.807) is 26.8 Å². The van der Waals surface area contributed by atoms with E-state index in [4.69, 9.17) is 0 Å². The van der Waals surface area contributed by atoms with Crippen LogP contribution in [0.25, 0.3) is 11.0 Å². The Morgan fingerprint density at radius 1 is 1.25 bits per heavy atom. The molecule has 110 valence electrons. The Balaban J connectivity index is 0.000000956. The third-order valence-corrected chi connectivity index (χ3v) is 2.54. The minimum Gasteiger partial charge on any atom is -0.353 e. The fourth-order valence-corrected chi connectivity index (χ4v) is 1.51. The minimum absolute atomic E-state index is 0.173. The van der Waals surface area contributed by atoms with Gasteiger partial charge in [-0.05, 0) is 13.0 Å². The largest absolute Gasteiger partial charge is 0.353 e. The molecule has 20 heavy (non-hydrogen) atoms. The van der Waals surface area contributed by atoms with Gasteiger partial charge < -0.3 is 4.98 Å². The molecule has 0 aliphatic heterocycles. The molecule has 3 N–H and O–H groups in total. The van der Waals surface area contributed by atoms with E-state index in [0.29, 0.717) is 11.0 Å². The van der Waals surface area contributed by atoms with Crippen molar-refractivity contribution in [2.75, 3.05) is 5.32 Å². The van der Waals surface area contributed by atoms with Gasteiger partial charge in [0, 0.05) is 11.1 Å². The predicted octanol–water partition coefficient (Wildman–Crippen LogP) is 2.57. The molecular formula is C14H22N4O2. The number of H-pyrrole nitrogens is 2. The smallest absolute Gasteiger partial charge is 0.276 e. The number of rotatable bonds is 1. The number of aromatic nitrogens is 3. The molecule has 6 nitrogen and oxygen atoms in total. The molecule has 0 aliphatic rings. The number of nitrogens with zero attached hydrogens (tertiary/aromatic N) is 1. The first-order chi connectivity index (χ1) is 9.27. The van der Waals surface area contributed by atoms with E-state index in [-0.39, 0.29) is 17.4 Å². The van der Waals surface area contributed by atoms with Crippen LogP contribution in [0.2, 0.25) is 0 Å². The van der Waals surface area contributed by atoms with E-state index in [2.05, 4.69) is 20.3 Å². The second-order valence-electron chi connectivity index (χ2n) is 5.33. The maximum atomic E-state index is 11.8. The summed E-state index contributed by atoms with van der Waals surface area (Å²) in [5.74, 6) is -0.0244. The first-order valence-corrected chi connectivity index (χ1v) is 6.68. The second kappa shape index (κ2) is 5.90. The summed E-state index contributed by atoms with van der Waals surface area (Å²) in [6, 6.07) is 1.76. The van der Waals surface area contributed by atoms with Crippen molar-refractivity contribution in [1.29, 1.82) is 0 Å². The van der Waals surface area contributed by atoms with Crippen molar-refractivity contribution in [3.05, 3.63) is 22.1 Å². The van der Waals surface area contributed by atoms with E-state index in [1.807, 2.05) is 20.8 Å². The number of hydrogen-bond donors (Lipinski definition) is 3. The van der Waals surface area contributed by atoms with Gasteiger partial charge in [-0.25, -0.2) is 4.98 Å². The van der Waals surface area contributed by atoms with Crippen LogP contribution in [-0.2, 0) is 4.79 Å². The molecule has 0 aliphatic carbocycles. The van der Waals surface area contributed by atoms with Crippen LogP contribution >= 0.6 is 0 Å². The van der Waals surface area contributed by atoms with Crippen molar-refractivity contribution in [3.63, 3.8) is 0 Å². The van der Waals surface area contributed by atoms with Crippen LogP contribution in [0.1, 0.15) is 40.3 Å². The number of fused-ring (bicyclic) bond motifs is 1. The fourth-order valence-electron chi connectivity index (χ4n) is 1.51. The van der Waals surface area contributed by atoms with E-state index in [1.165, 1.54) is 0 Å². The molecule has 1 amide bonds. The summed E-state index contributed by atoms with van der Waals surface area (Å²) in [4.78, 5) is 33.2. The van der Waals surface area contributed by atoms with Crippen molar-refractivity contribution in [2.45, 2.75) is 41.5 Å². The molecule has 0 saturated heterocycles. The Labute approximate surface area is 118 Å². The predicted molar refractivity (Wildman–Crippen MR) is 80.9 cm³/mol. The number of hydrogen-bond acceptors (Lipinski definition) is 3. The maximum absolute atomic E-state index is 11.8. The van der Waals surface area contributed by atoms with Gasteiger partial charge in [0.05, 0.1) is 5.52 Å². The zero-order valence-corrected chi connectivity index (χ0v) is 12.8. The topological polar surface area (TPSA) is 90.6 Å². The normalized spacial score (nSPS) is 10.9. The molecule has 2 aromatic heterocycles. The van der Waals surface area contributed by atoms with E-state index in [0.717, 1.165) is 5.69 Å². The van der Waals surface area contributed by atoms with Gasteiger partial charge in [-0.15, -0.1) is 0 Å². The van der Waals surface area contributed by atoms with Crippen molar-refractivity contribution in [2.24, 2.45) is 5.41 Å². The molecule has 0 atom stereocenters. The van der Waals surface area contributed by atoms with Crippen LogP contribution in [0, 0.1) is 12.3 Å². The Hall–Kier alpha value is -2.11. The van der Waals surface area contributed by atoms with E-state index >= 15 is 0 Å². The van der Waals surface area contributed by atoms with Crippen LogP contribution in [0.3, 0.4) is 0 Å². The number of aryl methyl sites for hydroxylation is 1. The summed E-state index contributed by atoms with van der Waals surface area (Å²) in [7, 11) is 0. The average Bonchev–Trinajstić information content (AvgIpc) is 2.71. The molecule has 0 spiro atoms. The van der Waals surface area contributed by atoms with Gasteiger partial charge in [-0.1, -0.05) is 34.6 Å². The molecule has 2 heterocycles. The summed E-state index contributed by atoms with van der Waals surface area (Å²) in [5.41, 5.74) is 0.975. The number of nitrogens with one attached hydrogen (secondary N) is 3. The third kappa shape index (κ3) is 3.46. The highest BCUT2D eigenvalue weighted by Gasteiger charge is 2.22. The fraction of sp³-hybridized carbons (Fsp3) is 0.500. The lowest BCUT2D eigenvalue weighted by molar-refractivity contribution is -0.123.